The maximum Gasteiger partial charge on any atom is 0.305 e. The van der Waals surface area contributed by atoms with Crippen molar-refractivity contribution in [1.82, 2.24) is 52.5 Å². The number of nitrogens with zero attached hydrogens (tertiary/aromatic N) is 3. The molecule has 0 aliphatic carbocycles. The van der Waals surface area contributed by atoms with E-state index in [1.165, 1.54) is 88.2 Å². The Kier molecular flexibility index (Phi) is 62.0. The minimum Gasteiger partial charge on any atom is -0.508 e. The van der Waals surface area contributed by atoms with Gasteiger partial charge in [-0.25, -0.2) is 4.98 Å². The van der Waals surface area contributed by atoms with Gasteiger partial charge in [0, 0.05) is 94.1 Å². The van der Waals surface area contributed by atoms with E-state index in [0.717, 1.165) is 32.6 Å². The molecule has 0 aliphatic rings. The molecule has 0 saturated carbocycles. The average Bonchev–Trinajstić information content (AvgIpc) is 0.943. The molecule has 134 heavy (non-hydrogen) atoms. The Bertz CT molecular complexity index is 3920. The molecule has 1 aromatic carbocycles. The zero-order chi connectivity index (χ0) is 100. The molecule has 758 valence electrons. The highest BCUT2D eigenvalue weighted by Crippen LogP contribution is 2.26. The van der Waals surface area contributed by atoms with Crippen LogP contribution in [-0.4, -0.2) is 224 Å². The first-order chi connectivity index (χ1) is 63.8. The number of Topliss-reactive ketones (excluding diaryl/α,β-unsaturated/α-hetero) is 5. The number of aliphatic carboxylic acids is 1. The van der Waals surface area contributed by atoms with Gasteiger partial charge in [-0.2, -0.15) is 0 Å². The van der Waals surface area contributed by atoms with E-state index >= 15 is 0 Å². The van der Waals surface area contributed by atoms with Gasteiger partial charge < -0.3 is 114 Å². The van der Waals surface area contributed by atoms with Gasteiger partial charge in [0.1, 0.15) is 35.7 Å². The summed E-state index contributed by atoms with van der Waals surface area (Å²) in [5, 5.41) is 64.0. The van der Waals surface area contributed by atoms with Crippen molar-refractivity contribution in [2.24, 2.45) is 97.3 Å². The zero-order valence-electron chi connectivity index (χ0n) is 80.6. The molecule has 39 heteroatoms. The van der Waals surface area contributed by atoms with Gasteiger partial charge in [0.15, 0.2) is 35.1 Å². The number of guanidine groups is 2. The van der Waals surface area contributed by atoms with Crippen molar-refractivity contribution >= 4 is 100.0 Å². The Hall–Kier alpha value is -10.4. The number of carboxylic acids is 1. The van der Waals surface area contributed by atoms with Crippen molar-refractivity contribution in [2.75, 3.05) is 39.3 Å². The van der Waals surface area contributed by atoms with Crippen LogP contribution in [0.25, 0.3) is 0 Å². The Balaban J connectivity index is 2.51. The summed E-state index contributed by atoms with van der Waals surface area (Å²) >= 11 is 0. The monoisotopic (exact) mass is 1890 g/mol. The molecule has 9 amide bonds. The van der Waals surface area contributed by atoms with Crippen LogP contribution in [0, 0.1) is 41.4 Å². The lowest BCUT2D eigenvalue weighted by molar-refractivity contribution is -0.142. The maximum atomic E-state index is 14.9. The second-order valence-corrected chi connectivity index (χ2v) is 36.5. The predicted molar refractivity (Wildman–Crippen MR) is 513 cm³/mol. The maximum absolute atomic E-state index is 14.9. The number of phenols is 1. The van der Waals surface area contributed by atoms with Crippen LogP contribution in [0.4, 0.5) is 0 Å². The minimum atomic E-state index is -1.93. The van der Waals surface area contributed by atoms with E-state index < -0.39 is 199 Å². The number of aliphatic hydroxyl groups excluding tert-OH is 2. The van der Waals surface area contributed by atoms with Gasteiger partial charge in [-0.3, -0.25) is 81.9 Å². The number of hydrogen-bond acceptors (Lipinski definition) is 24. The van der Waals surface area contributed by atoms with Crippen molar-refractivity contribution in [3.63, 3.8) is 0 Å². The molecular formula is C95H164N20O19. The smallest absolute Gasteiger partial charge is 0.305 e. The van der Waals surface area contributed by atoms with Crippen molar-refractivity contribution < 1.29 is 92.3 Å². The van der Waals surface area contributed by atoms with E-state index in [4.69, 9.17) is 45.9 Å². The van der Waals surface area contributed by atoms with Crippen LogP contribution in [-0.2, 0) is 84.8 Å². The predicted octanol–water partition coefficient (Wildman–Crippen LogP) is 4.25. The third kappa shape index (κ3) is 51.9. The number of nitrogens with one attached hydrogen (secondary N) is 9. The molecule has 14 atom stereocenters. The number of ketones is 5. The van der Waals surface area contributed by atoms with Gasteiger partial charge >= 0.3 is 5.97 Å². The fourth-order valence-electron chi connectivity index (χ4n) is 15.9. The Labute approximate surface area is 791 Å². The van der Waals surface area contributed by atoms with Gasteiger partial charge in [-0.15, -0.1) is 0 Å². The van der Waals surface area contributed by atoms with Crippen LogP contribution in [0.1, 0.15) is 304 Å². The molecule has 0 saturated heterocycles. The lowest BCUT2D eigenvalue weighted by Crippen LogP contribution is -2.59. The van der Waals surface area contributed by atoms with Crippen LogP contribution in [0.15, 0.2) is 46.8 Å². The molecule has 39 nitrogen and oxygen atoms in total. The van der Waals surface area contributed by atoms with Crippen molar-refractivity contribution in [1.29, 1.82) is 0 Å². The average molecular weight is 1890 g/mol. The highest BCUT2D eigenvalue weighted by Gasteiger charge is 2.40. The van der Waals surface area contributed by atoms with Crippen LogP contribution < -0.4 is 88.4 Å². The molecule has 0 radical (unpaired) electrons. The summed E-state index contributed by atoms with van der Waals surface area (Å²) in [5.41, 5.74) is 46.6. The van der Waals surface area contributed by atoms with Gasteiger partial charge in [-0.1, -0.05) is 156 Å². The molecule has 1 aromatic heterocycles. The summed E-state index contributed by atoms with van der Waals surface area (Å²) in [7, 11) is 0. The number of benzene rings is 1. The number of aromatic nitrogens is 2. The second kappa shape index (κ2) is 69.4. The Morgan fingerprint density at radius 1 is 0.396 bits per heavy atom. The molecule has 0 spiro atoms. The van der Waals surface area contributed by atoms with Crippen molar-refractivity contribution in [3.8, 4) is 5.75 Å². The van der Waals surface area contributed by atoms with E-state index in [9.17, 15) is 92.3 Å². The molecule has 0 unspecified atom stereocenters. The molecule has 0 aliphatic heterocycles. The van der Waals surface area contributed by atoms with Gasteiger partial charge in [0.05, 0.1) is 61.5 Å². The Morgan fingerprint density at radius 3 is 1.26 bits per heavy atom. The van der Waals surface area contributed by atoms with E-state index in [0.29, 0.717) is 88.6 Å². The zero-order valence-corrected chi connectivity index (χ0v) is 80.6. The number of unbranched alkanes of at least 4 members (excludes halogenated alkanes) is 16. The topological polar surface area (TPSA) is 695 Å². The van der Waals surface area contributed by atoms with Gasteiger partial charge in [-0.05, 0) is 152 Å². The fourth-order valence-corrected chi connectivity index (χ4v) is 15.9. The van der Waals surface area contributed by atoms with Gasteiger partial charge in [0.2, 0.25) is 53.2 Å². The molecule has 29 N–H and O–H groups in total. The van der Waals surface area contributed by atoms with E-state index in [-0.39, 0.29) is 145 Å². The number of rotatable bonds is 80. The van der Waals surface area contributed by atoms with Crippen LogP contribution in [0.3, 0.4) is 0 Å². The highest BCUT2D eigenvalue weighted by atomic mass is 16.4. The number of carboxylic acid groups (broad SMARTS) is 1. The van der Waals surface area contributed by atoms with Crippen molar-refractivity contribution in [2.45, 2.75) is 360 Å². The van der Waals surface area contributed by atoms with Crippen LogP contribution in [0.2, 0.25) is 0 Å². The first-order valence-electron chi connectivity index (χ1n) is 48.6. The number of carbonyl (C=O) groups excluding carboxylic acids is 14. The summed E-state index contributed by atoms with van der Waals surface area (Å²) in [5.74, 6) is -20.0. The molecule has 0 fully saturated rings. The normalized spacial score (nSPS) is 14.5. The number of aliphatic hydroxyl groups is 2. The number of nitrogens with two attached hydrogens (primary N) is 8. The number of amides is 9. The summed E-state index contributed by atoms with van der Waals surface area (Å²) in [4.78, 5) is 229. The Morgan fingerprint density at radius 2 is 0.791 bits per heavy atom. The largest absolute Gasteiger partial charge is 0.508 e. The SMILES string of the molecule is CCCCCCCCCCCCCCCC(=O)C[C@@H](CCCCN)C(=O)N[C@@H](CCCCN)C(=O)C[C@@H](CC(C)C)C(=O)N[C@@H](CCCN=C(N)N)C(=O)C[C@@H](CO)C(=O)N[C@@H](CCCC)C(=O)C[C@H](C(=O)N[C@@H](CC(=O)O)C(=O)C[C@@H](CCCCN)C(=O)N[C@@H](Cc1ccc(O)cc1)C(=O)N[C@@H](CCCN=C(N)N)C(=O)N[C@@H](CC(C)C)C(=O)N[C@@H](Cc1cnc[nH]1)C(N)=O)[C@@H](C)O. The molecule has 2 rings (SSSR count). The number of aliphatic imine (C=N–C) groups is 2. The number of phenolic OH excluding ortho intramolecular Hbond substituents is 1. The first-order valence-corrected chi connectivity index (χ1v) is 48.6. The van der Waals surface area contributed by atoms with Gasteiger partial charge in [0.25, 0.3) is 0 Å². The number of imidazole rings is 1. The number of hydrogen-bond donors (Lipinski definition) is 21. The quantitative estimate of drug-likeness (QED) is 0.0250. The van der Waals surface area contributed by atoms with Crippen LogP contribution in [0.5, 0.6) is 5.75 Å². The summed E-state index contributed by atoms with van der Waals surface area (Å²) in [6, 6.07) is -5.84. The number of aromatic hydroxyl groups is 1. The molecule has 2 aromatic rings. The standard InChI is InChI=1S/C95H164N20O19/c1-8-10-12-13-14-15-16-17-18-19-20-21-22-33-70(119)50-64(31-23-26-42-96)86(127)108-73(35-25-28-44-98)80(120)52-66(47-60(3)4)88(129)109-74(36-29-45-105-94(100)101)81(121)53-67(58-116)89(130)110-72(34-11-9-2)83(123)55-71(62(7)117)90(131)112-76(56-84(124)125)82(122)51-65(32-24-27-43-97)87(128)114-79(49-63-38-40-69(118)41-39-63)93(134)111-75(37-30-46-106-95(102)103)91(132)115-78(48-61(5)6)92(133)113-77(85(99)126)54-68-57-104-59-107-68/h38-41,57,59-62,64-67,71-79,116-118H,8-37,42-56,58,96-98H2,1-7H3,(H2,99,126)(H,104,107)(H,108,127)(H,109,129)(H,110,130)(H,111,134)(H,112,131)(H,113,133)(H,114,128)(H,115,132)(H,124,125)(H4,100,101,105)(H4,102,103,106)/t62-,64-,65-,66-,67+,71+,72+,73+,74+,75+,76+,77+,78+,79+/m1/s1. The number of primary amides is 1. The molecular weight excluding hydrogens is 1730 g/mol. The van der Waals surface area contributed by atoms with Crippen molar-refractivity contribution in [3.05, 3.63) is 48.0 Å². The second-order valence-electron chi connectivity index (χ2n) is 36.5. The summed E-state index contributed by atoms with van der Waals surface area (Å²) in [6.45, 7) is 12.2. The number of aromatic amines is 1. The number of carbonyl (C=O) groups is 15. The number of H-pyrrole nitrogens is 1. The fraction of sp³-hybridized carbons (Fsp3) is 0.726. The van der Waals surface area contributed by atoms with E-state index in [1.54, 1.807) is 20.8 Å². The lowest BCUT2D eigenvalue weighted by Gasteiger charge is -2.28. The lowest BCUT2D eigenvalue weighted by atomic mass is 9.87. The minimum absolute atomic E-state index is 0.000680. The molecule has 0 bridgehead atoms. The third-order valence-corrected chi connectivity index (χ3v) is 23.7. The first kappa shape index (κ1) is 120. The highest BCUT2D eigenvalue weighted by molar-refractivity contribution is 6.01. The van der Waals surface area contributed by atoms with E-state index in [1.807, 2.05) is 13.8 Å². The summed E-state index contributed by atoms with van der Waals surface area (Å²) < 4.78 is 0. The summed E-state index contributed by atoms with van der Waals surface area (Å²) in [6.07, 6.45) is 16.3. The third-order valence-electron chi connectivity index (χ3n) is 23.7. The molecule has 1 heterocycles. The van der Waals surface area contributed by atoms with E-state index in [2.05, 4.69) is 69.4 Å². The van der Waals surface area contributed by atoms with Crippen LogP contribution >= 0.6 is 0 Å².